The SMILES string of the molecule is CC1(C)CCc2nc3cc(C#Cc4nc5c(s4)CCCC5)ccc3c(=O)n2C1. The van der Waals surface area contributed by atoms with Gasteiger partial charge in [-0.1, -0.05) is 19.8 Å². The van der Waals surface area contributed by atoms with E-state index in [1.165, 1.54) is 23.4 Å². The van der Waals surface area contributed by atoms with Gasteiger partial charge in [0.2, 0.25) is 0 Å². The molecule has 0 amide bonds. The van der Waals surface area contributed by atoms with Gasteiger partial charge in [0.05, 0.1) is 16.6 Å². The molecular formula is C23H23N3OS. The topological polar surface area (TPSA) is 47.8 Å². The molecule has 0 saturated heterocycles. The third kappa shape index (κ3) is 3.16. The van der Waals surface area contributed by atoms with Gasteiger partial charge in [-0.25, -0.2) is 9.97 Å². The summed E-state index contributed by atoms with van der Waals surface area (Å²) in [5.74, 6) is 7.34. The summed E-state index contributed by atoms with van der Waals surface area (Å²) in [5.41, 5.74) is 3.09. The number of benzene rings is 1. The number of fused-ring (bicyclic) bond motifs is 3. The predicted octanol–water partition coefficient (Wildman–Crippen LogP) is 4.10. The number of thiazole rings is 1. The highest BCUT2D eigenvalue weighted by Gasteiger charge is 2.27. The van der Waals surface area contributed by atoms with E-state index in [4.69, 9.17) is 4.98 Å². The fourth-order valence-corrected chi connectivity index (χ4v) is 5.19. The van der Waals surface area contributed by atoms with Gasteiger partial charge in [0.1, 0.15) is 5.82 Å². The quantitative estimate of drug-likeness (QED) is 0.544. The van der Waals surface area contributed by atoms with E-state index >= 15 is 0 Å². The molecule has 28 heavy (non-hydrogen) atoms. The fourth-order valence-electron chi connectivity index (χ4n) is 4.19. The number of aryl methyl sites for hydroxylation is 3. The Morgan fingerprint density at radius 3 is 2.82 bits per heavy atom. The molecule has 1 aliphatic carbocycles. The van der Waals surface area contributed by atoms with Crippen LogP contribution < -0.4 is 5.56 Å². The monoisotopic (exact) mass is 389 g/mol. The molecule has 0 unspecified atom stereocenters. The molecule has 1 aliphatic heterocycles. The van der Waals surface area contributed by atoms with Crippen LogP contribution in [0.2, 0.25) is 0 Å². The van der Waals surface area contributed by atoms with Gasteiger partial charge in [0, 0.05) is 23.4 Å². The Morgan fingerprint density at radius 1 is 1.11 bits per heavy atom. The summed E-state index contributed by atoms with van der Waals surface area (Å²) in [5, 5.41) is 1.57. The predicted molar refractivity (Wildman–Crippen MR) is 113 cm³/mol. The number of hydrogen-bond donors (Lipinski definition) is 0. The molecule has 0 spiro atoms. The van der Waals surface area contributed by atoms with Crippen molar-refractivity contribution >= 4 is 22.2 Å². The minimum absolute atomic E-state index is 0.0693. The van der Waals surface area contributed by atoms with Crippen LogP contribution in [0.15, 0.2) is 23.0 Å². The van der Waals surface area contributed by atoms with Gasteiger partial charge >= 0.3 is 0 Å². The number of nitrogens with zero attached hydrogens (tertiary/aromatic N) is 3. The van der Waals surface area contributed by atoms with Crippen molar-refractivity contribution in [2.24, 2.45) is 5.41 Å². The Bertz CT molecular complexity index is 1180. The first-order chi connectivity index (χ1) is 13.5. The molecule has 0 radical (unpaired) electrons. The molecule has 0 N–H and O–H groups in total. The van der Waals surface area contributed by atoms with E-state index < -0.39 is 0 Å². The van der Waals surface area contributed by atoms with Crippen LogP contribution in [-0.4, -0.2) is 14.5 Å². The van der Waals surface area contributed by atoms with Crippen molar-refractivity contribution in [3.8, 4) is 11.8 Å². The lowest BCUT2D eigenvalue weighted by Crippen LogP contribution is -2.36. The second kappa shape index (κ2) is 6.56. The van der Waals surface area contributed by atoms with Crippen molar-refractivity contribution in [2.45, 2.75) is 58.9 Å². The highest BCUT2D eigenvalue weighted by Crippen LogP contribution is 2.29. The smallest absolute Gasteiger partial charge is 0.261 e. The van der Waals surface area contributed by atoms with Gasteiger partial charge < -0.3 is 0 Å². The molecule has 3 heterocycles. The van der Waals surface area contributed by atoms with Crippen molar-refractivity contribution in [3.63, 3.8) is 0 Å². The first-order valence-corrected chi connectivity index (χ1v) is 10.8. The number of hydrogen-bond acceptors (Lipinski definition) is 4. The second-order valence-corrected chi connectivity index (χ2v) is 9.75. The van der Waals surface area contributed by atoms with Gasteiger partial charge in [-0.15, -0.1) is 11.3 Å². The summed E-state index contributed by atoms with van der Waals surface area (Å²) in [6.45, 7) is 5.16. The third-order valence-corrected chi connectivity index (χ3v) is 6.88. The van der Waals surface area contributed by atoms with Crippen molar-refractivity contribution in [2.75, 3.05) is 0 Å². The van der Waals surface area contributed by atoms with Gasteiger partial charge in [-0.2, -0.15) is 0 Å². The maximum Gasteiger partial charge on any atom is 0.261 e. The normalized spacial score (nSPS) is 17.5. The maximum absolute atomic E-state index is 12.9. The summed E-state index contributed by atoms with van der Waals surface area (Å²) >= 11 is 1.73. The minimum atomic E-state index is 0.0693. The van der Waals surface area contributed by atoms with Crippen molar-refractivity contribution in [1.29, 1.82) is 0 Å². The minimum Gasteiger partial charge on any atom is -0.296 e. The van der Waals surface area contributed by atoms with Gasteiger partial charge in [0.15, 0.2) is 5.01 Å². The van der Waals surface area contributed by atoms with E-state index in [9.17, 15) is 4.79 Å². The Hall–Kier alpha value is -2.45. The van der Waals surface area contributed by atoms with Crippen LogP contribution in [0.25, 0.3) is 10.9 Å². The second-order valence-electron chi connectivity index (χ2n) is 8.66. The van der Waals surface area contributed by atoms with Crippen LogP contribution in [0.4, 0.5) is 0 Å². The molecule has 142 valence electrons. The first kappa shape index (κ1) is 17.6. The molecule has 0 saturated carbocycles. The maximum atomic E-state index is 12.9. The molecule has 2 aromatic heterocycles. The van der Waals surface area contributed by atoms with Gasteiger partial charge in [0.25, 0.3) is 5.56 Å². The molecule has 5 heteroatoms. The van der Waals surface area contributed by atoms with Crippen LogP contribution in [0.3, 0.4) is 0 Å². The van der Waals surface area contributed by atoms with E-state index in [0.29, 0.717) is 5.39 Å². The highest BCUT2D eigenvalue weighted by molar-refractivity contribution is 7.12. The zero-order valence-electron chi connectivity index (χ0n) is 16.3. The van der Waals surface area contributed by atoms with Gasteiger partial charge in [-0.05, 0) is 61.6 Å². The Labute approximate surface area is 168 Å². The molecule has 1 aromatic carbocycles. The van der Waals surface area contributed by atoms with Crippen LogP contribution in [-0.2, 0) is 25.8 Å². The average molecular weight is 390 g/mol. The standard InChI is InChI=1S/C23H23N3OS/c1-23(2)12-11-20-24-18-13-15(7-9-16(18)22(27)26(20)14-23)8-10-21-25-17-5-3-4-6-19(17)28-21/h7,9,13H,3-6,11-12,14H2,1-2H3. The third-order valence-electron chi connectivity index (χ3n) is 5.81. The molecule has 2 aliphatic rings. The van der Waals surface area contributed by atoms with Crippen LogP contribution in [0, 0.1) is 17.3 Å². The molecule has 4 nitrogen and oxygen atoms in total. The van der Waals surface area contributed by atoms with Crippen LogP contribution in [0.5, 0.6) is 0 Å². The Balaban J connectivity index is 1.51. The zero-order chi connectivity index (χ0) is 19.3. The lowest BCUT2D eigenvalue weighted by atomic mass is 9.85. The molecule has 0 bridgehead atoms. The van der Waals surface area contributed by atoms with E-state index in [1.54, 1.807) is 11.3 Å². The molecule has 0 fully saturated rings. The van der Waals surface area contributed by atoms with Crippen molar-refractivity contribution < 1.29 is 0 Å². The number of aromatic nitrogens is 3. The highest BCUT2D eigenvalue weighted by atomic mass is 32.1. The molecule has 0 atom stereocenters. The zero-order valence-corrected chi connectivity index (χ0v) is 17.2. The average Bonchev–Trinajstić information content (AvgIpc) is 3.10. The lowest BCUT2D eigenvalue weighted by molar-refractivity contribution is 0.240. The summed E-state index contributed by atoms with van der Waals surface area (Å²) in [6, 6.07) is 5.74. The van der Waals surface area contributed by atoms with E-state index in [1.807, 2.05) is 22.8 Å². The van der Waals surface area contributed by atoms with E-state index in [2.05, 4.69) is 30.7 Å². The Kier molecular flexibility index (Phi) is 4.13. The summed E-state index contributed by atoms with van der Waals surface area (Å²) < 4.78 is 1.86. The molecule has 3 aromatic rings. The van der Waals surface area contributed by atoms with Crippen molar-refractivity contribution in [3.05, 3.63) is 55.5 Å². The summed E-state index contributed by atoms with van der Waals surface area (Å²) in [7, 11) is 0. The first-order valence-electron chi connectivity index (χ1n) is 10.0. The Morgan fingerprint density at radius 2 is 1.96 bits per heavy atom. The molecular weight excluding hydrogens is 366 g/mol. The van der Waals surface area contributed by atoms with Crippen LogP contribution in [0.1, 0.15) is 60.1 Å². The van der Waals surface area contributed by atoms with Crippen LogP contribution >= 0.6 is 11.3 Å². The lowest BCUT2D eigenvalue weighted by Gasteiger charge is -2.31. The van der Waals surface area contributed by atoms with E-state index in [-0.39, 0.29) is 11.0 Å². The number of rotatable bonds is 0. The summed E-state index contributed by atoms with van der Waals surface area (Å²) in [4.78, 5) is 23.8. The van der Waals surface area contributed by atoms with Gasteiger partial charge in [-0.3, -0.25) is 9.36 Å². The van der Waals surface area contributed by atoms with Crippen molar-refractivity contribution in [1.82, 2.24) is 14.5 Å². The largest absolute Gasteiger partial charge is 0.296 e. The van der Waals surface area contributed by atoms with E-state index in [0.717, 1.165) is 54.1 Å². The fraction of sp³-hybridized carbons (Fsp3) is 0.435. The molecule has 5 rings (SSSR count). The summed E-state index contributed by atoms with van der Waals surface area (Å²) in [6.07, 6.45) is 6.62.